The molecule has 0 aliphatic heterocycles. The van der Waals surface area contributed by atoms with Gasteiger partial charge in [0.15, 0.2) is 22.2 Å². The highest BCUT2D eigenvalue weighted by molar-refractivity contribution is 6.54. The zero-order chi connectivity index (χ0) is 3.58. The number of hydrogen-bond acceptors (Lipinski definition) is 1. The molecule has 0 aromatic rings. The van der Waals surface area contributed by atoms with E-state index in [4.69, 9.17) is 9.90 Å². The third-order valence-electron chi connectivity index (χ3n) is 0. The predicted molar refractivity (Wildman–Crippen MR) is 26.5 cm³/mol. The zero-order valence-corrected chi connectivity index (χ0v) is 4.36. The summed E-state index contributed by atoms with van der Waals surface area (Å²) in [4.78, 5) is 8.37. The minimum Gasteiger partial charge on any atom is -0.497 e. The van der Waals surface area contributed by atoms with Gasteiger partial charge in [-0.3, -0.25) is 4.79 Å². The molecule has 5 heavy (non-hydrogen) atoms. The van der Waals surface area contributed by atoms with Crippen LogP contribution < -0.4 is 0 Å². The topological polar surface area (TPSA) is 37.3 Å². The first-order chi connectivity index (χ1) is 1.73. The molecule has 0 aromatic carbocycles. The molecule has 0 aliphatic carbocycles. The van der Waals surface area contributed by atoms with Crippen molar-refractivity contribution in [2.75, 3.05) is 0 Å². The monoisotopic (exact) mass is 104 g/mol. The maximum Gasteiger partial charge on any atom is 0.387 e. The zero-order valence-electron chi connectivity index (χ0n) is 2.36. The molecule has 0 unspecified atom stereocenters. The Morgan fingerprint density at radius 3 is 1.80 bits per heavy atom. The van der Waals surface area contributed by atoms with Crippen molar-refractivity contribution < 1.29 is 9.90 Å². The molecule has 4 heteroatoms. The van der Waals surface area contributed by atoms with E-state index in [1.54, 1.807) is 0 Å². The molecule has 0 saturated carbocycles. The van der Waals surface area contributed by atoms with Crippen LogP contribution in [0.15, 0.2) is 0 Å². The molecule has 28 valence electrons. The summed E-state index contributed by atoms with van der Waals surface area (Å²) in [7, 11) is 0. The molecule has 0 amide bonds. The van der Waals surface area contributed by atoms with Crippen molar-refractivity contribution in [1.29, 1.82) is 0 Å². The van der Waals surface area contributed by atoms with Gasteiger partial charge in [-0.25, -0.2) is 0 Å². The molecule has 0 fully saturated rings. The quantitative estimate of drug-likeness (QED) is 0.365. The number of carbonyl (C=O) groups is 1. The molecule has 0 radical (unpaired) electrons. The van der Waals surface area contributed by atoms with E-state index in [0.29, 0.717) is 0 Å². The SMILES string of the molecule is O=[C](O)[AlH2].[AlH3]. The molecule has 0 saturated heterocycles. The third-order valence-corrected chi connectivity index (χ3v) is 0. The molecule has 1 N–H and O–H groups in total. The van der Waals surface area contributed by atoms with E-state index < -0.39 is 4.83 Å². The van der Waals surface area contributed by atoms with Crippen LogP contribution in [-0.2, 0) is 0 Å². The standard InChI is InChI=1S/CHO2.2Al.5H/c2-1-3;;;;;;;/h(H,2,3);;;;;;;. The van der Waals surface area contributed by atoms with E-state index in [2.05, 4.69) is 0 Å². The van der Waals surface area contributed by atoms with E-state index in [1.165, 1.54) is 0 Å². The van der Waals surface area contributed by atoms with E-state index >= 15 is 0 Å². The summed E-state index contributed by atoms with van der Waals surface area (Å²) in [5, 5.41) is 7.48. The Kier molecular flexibility index (Phi) is 8.26. The van der Waals surface area contributed by atoms with Crippen molar-refractivity contribution in [2.45, 2.75) is 0 Å². The van der Waals surface area contributed by atoms with Crippen molar-refractivity contribution in [3.05, 3.63) is 0 Å². The predicted octanol–water partition coefficient (Wildman–Crippen LogP) is -1.89. The van der Waals surface area contributed by atoms with Crippen LogP contribution in [0.5, 0.6) is 0 Å². The molecule has 0 atom stereocenters. The number of carboxylic acid groups (broad SMARTS) is 1. The molecular formula is CH6Al2O2. The van der Waals surface area contributed by atoms with Gasteiger partial charge in [0.25, 0.3) is 0 Å². The second-order valence-corrected chi connectivity index (χ2v) is 1.37. The van der Waals surface area contributed by atoms with Crippen LogP contribution in [0.1, 0.15) is 0 Å². The lowest BCUT2D eigenvalue weighted by Gasteiger charge is -1.60. The summed E-state index contributed by atoms with van der Waals surface area (Å²) in [5.74, 6) is 0. The number of rotatable bonds is 0. The second kappa shape index (κ2) is 4.53. The number of hydrogen-bond donors (Lipinski definition) is 1. The molecule has 0 heterocycles. The fourth-order valence-electron chi connectivity index (χ4n) is 0. The van der Waals surface area contributed by atoms with E-state index in [-0.39, 0.29) is 33.7 Å². The van der Waals surface area contributed by atoms with Gasteiger partial charge < -0.3 is 5.11 Å². The minimum absolute atomic E-state index is 0. The van der Waals surface area contributed by atoms with Gasteiger partial charge in [-0.15, -0.1) is 0 Å². The molecular weight excluding hydrogens is 98.0 g/mol. The smallest absolute Gasteiger partial charge is 0.387 e. The van der Waals surface area contributed by atoms with E-state index in [0.717, 1.165) is 0 Å². The second-order valence-electron chi connectivity index (χ2n) is 0.519. The van der Waals surface area contributed by atoms with Gasteiger partial charge in [-0.05, 0) is 0 Å². The van der Waals surface area contributed by atoms with Gasteiger partial charge in [0.1, 0.15) is 0 Å². The van der Waals surface area contributed by atoms with Crippen molar-refractivity contribution >= 4 is 38.5 Å². The lowest BCUT2D eigenvalue weighted by Crippen LogP contribution is -1.83. The van der Waals surface area contributed by atoms with Gasteiger partial charge in [0.05, 0.1) is 0 Å². The highest BCUT2D eigenvalue weighted by Crippen LogP contribution is 1.41. The van der Waals surface area contributed by atoms with Gasteiger partial charge in [-0.1, -0.05) is 0 Å². The fourth-order valence-corrected chi connectivity index (χ4v) is 0. The molecule has 0 aliphatic rings. The highest BCUT2D eigenvalue weighted by Gasteiger charge is 1.68. The Morgan fingerprint density at radius 2 is 1.80 bits per heavy atom. The van der Waals surface area contributed by atoms with Crippen LogP contribution in [0, 0.1) is 0 Å². The van der Waals surface area contributed by atoms with Gasteiger partial charge in [0.2, 0.25) is 0 Å². The largest absolute Gasteiger partial charge is 0.497 e. The van der Waals surface area contributed by atoms with Crippen molar-refractivity contribution in [1.82, 2.24) is 0 Å². The Morgan fingerprint density at radius 1 is 1.80 bits per heavy atom. The Hall–Kier alpha value is 0.535. The van der Waals surface area contributed by atoms with Crippen LogP contribution in [0.4, 0.5) is 4.79 Å². The summed E-state index contributed by atoms with van der Waals surface area (Å²) in [6, 6.07) is 0. The Labute approximate surface area is 48.7 Å². The molecule has 0 spiro atoms. The first-order valence-electron chi connectivity index (χ1n) is 0.928. The first-order valence-corrected chi connectivity index (χ1v) is 1.93. The van der Waals surface area contributed by atoms with Gasteiger partial charge in [-0.2, -0.15) is 0 Å². The molecule has 0 aromatic heterocycles. The lowest BCUT2D eigenvalue weighted by molar-refractivity contribution is 0.220. The Bertz CT molecular complexity index is 30.6. The first kappa shape index (κ1) is 9.11. The maximum absolute atomic E-state index is 9.06. The van der Waals surface area contributed by atoms with Crippen LogP contribution >= 0.6 is 0 Å². The van der Waals surface area contributed by atoms with Crippen LogP contribution in [0.3, 0.4) is 0 Å². The Balaban J connectivity index is 0. The lowest BCUT2D eigenvalue weighted by atomic mass is 11.6. The van der Waals surface area contributed by atoms with Gasteiger partial charge in [0, 0.05) is 0 Å². The van der Waals surface area contributed by atoms with E-state index in [1.807, 2.05) is 0 Å². The maximum atomic E-state index is 9.06. The third kappa shape index (κ3) is 102. The molecule has 2 nitrogen and oxygen atoms in total. The summed E-state index contributed by atoms with van der Waals surface area (Å²) in [6.07, 6.45) is 0. The summed E-state index contributed by atoms with van der Waals surface area (Å²) in [6.45, 7) is 0. The van der Waals surface area contributed by atoms with E-state index in [9.17, 15) is 0 Å². The summed E-state index contributed by atoms with van der Waals surface area (Å²) < 4.78 is 0. The highest BCUT2D eigenvalue weighted by atomic mass is 27.0. The van der Waals surface area contributed by atoms with Crippen molar-refractivity contribution in [3.63, 3.8) is 0 Å². The average molecular weight is 104 g/mol. The van der Waals surface area contributed by atoms with Crippen LogP contribution in [-0.4, -0.2) is 43.6 Å². The van der Waals surface area contributed by atoms with Crippen LogP contribution in [0.2, 0.25) is 0 Å². The molecule has 0 rings (SSSR count). The minimum atomic E-state index is -0.694. The average Bonchev–Trinajstić information content (AvgIpc) is 0.811. The molecule has 0 bridgehead atoms. The van der Waals surface area contributed by atoms with Gasteiger partial charge >= 0.3 is 16.3 Å². The summed E-state index contributed by atoms with van der Waals surface area (Å²) in [5.41, 5.74) is 0. The normalized spacial score (nSPS) is 4.80. The van der Waals surface area contributed by atoms with Crippen LogP contribution in [0.25, 0.3) is 0 Å². The van der Waals surface area contributed by atoms with Crippen molar-refractivity contribution in [2.24, 2.45) is 0 Å². The summed E-state index contributed by atoms with van der Waals surface area (Å²) >= 11 is 0.265. The van der Waals surface area contributed by atoms with Crippen molar-refractivity contribution in [3.8, 4) is 0 Å². The fraction of sp³-hybridized carbons (Fsp3) is 0.